The molecule has 1 heterocycles. The Morgan fingerprint density at radius 2 is 2.06 bits per heavy atom. The van der Waals surface area contributed by atoms with Crippen molar-refractivity contribution in [2.75, 3.05) is 5.32 Å². The lowest BCUT2D eigenvalue weighted by Gasteiger charge is -2.04. The van der Waals surface area contributed by atoms with Gasteiger partial charge in [-0.2, -0.15) is 0 Å². The van der Waals surface area contributed by atoms with E-state index in [1.807, 2.05) is 5.38 Å². The number of benzene rings is 1. The van der Waals surface area contributed by atoms with E-state index in [4.69, 9.17) is 5.11 Å². The number of carboxylic acid groups (broad SMARTS) is 1. The first-order valence-electron chi connectivity index (χ1n) is 4.95. The number of carboxylic acids is 1. The normalized spacial score (nSPS) is 10.2. The van der Waals surface area contributed by atoms with E-state index in [0.717, 1.165) is 16.7 Å². The summed E-state index contributed by atoms with van der Waals surface area (Å²) in [5.74, 6) is -0.904. The van der Waals surface area contributed by atoms with Crippen LogP contribution in [0.15, 0.2) is 40.2 Å². The van der Waals surface area contributed by atoms with Crippen molar-refractivity contribution in [3.05, 3.63) is 50.6 Å². The van der Waals surface area contributed by atoms with Crippen molar-refractivity contribution in [3.63, 3.8) is 0 Å². The Kier molecular flexibility index (Phi) is 3.81. The molecule has 2 N–H and O–H groups in total. The highest BCUT2D eigenvalue weighted by Gasteiger charge is 2.02. The Morgan fingerprint density at radius 1 is 1.35 bits per heavy atom. The summed E-state index contributed by atoms with van der Waals surface area (Å²) >= 11 is 5.07. The highest BCUT2D eigenvalue weighted by Crippen LogP contribution is 2.21. The lowest BCUT2D eigenvalue weighted by molar-refractivity contribution is 0.0697. The third-order valence-corrected chi connectivity index (χ3v) is 3.92. The zero-order valence-corrected chi connectivity index (χ0v) is 11.2. The lowest BCUT2D eigenvalue weighted by atomic mass is 10.2. The fourth-order valence-electron chi connectivity index (χ4n) is 1.37. The maximum atomic E-state index is 10.7. The largest absolute Gasteiger partial charge is 0.478 e. The van der Waals surface area contributed by atoms with Crippen molar-refractivity contribution in [2.24, 2.45) is 0 Å². The lowest BCUT2D eigenvalue weighted by Crippen LogP contribution is -1.99. The Bertz CT molecular complexity index is 522. The number of aromatic carboxylic acids is 1. The molecule has 0 aliphatic carbocycles. The summed E-state index contributed by atoms with van der Waals surface area (Å²) in [6.07, 6.45) is 0. The quantitative estimate of drug-likeness (QED) is 0.902. The van der Waals surface area contributed by atoms with Crippen molar-refractivity contribution < 1.29 is 9.90 Å². The molecule has 88 valence electrons. The third-order valence-electron chi connectivity index (χ3n) is 2.22. The Morgan fingerprint density at radius 3 is 2.59 bits per heavy atom. The minimum absolute atomic E-state index is 0.300. The number of thiophene rings is 1. The van der Waals surface area contributed by atoms with Crippen molar-refractivity contribution in [1.82, 2.24) is 0 Å². The van der Waals surface area contributed by atoms with Crippen LogP contribution < -0.4 is 5.32 Å². The van der Waals surface area contributed by atoms with Gasteiger partial charge in [0.15, 0.2) is 0 Å². The van der Waals surface area contributed by atoms with Gasteiger partial charge < -0.3 is 10.4 Å². The predicted octanol–water partition coefficient (Wildman–Crippen LogP) is 3.82. The molecule has 0 saturated heterocycles. The zero-order chi connectivity index (χ0) is 12.3. The molecule has 1 aromatic carbocycles. The highest BCUT2D eigenvalue weighted by molar-refractivity contribution is 9.10. The van der Waals surface area contributed by atoms with Gasteiger partial charge in [-0.3, -0.25) is 0 Å². The molecule has 2 rings (SSSR count). The fraction of sp³-hybridized carbons (Fsp3) is 0.0833. The second-order valence-electron chi connectivity index (χ2n) is 3.47. The molecule has 0 amide bonds. The van der Waals surface area contributed by atoms with E-state index >= 15 is 0 Å². The summed E-state index contributed by atoms with van der Waals surface area (Å²) in [6.45, 7) is 0.739. The molecular weight excluding hydrogens is 302 g/mol. The Labute approximate surface area is 111 Å². The molecule has 0 spiro atoms. The molecule has 0 fully saturated rings. The topological polar surface area (TPSA) is 49.3 Å². The summed E-state index contributed by atoms with van der Waals surface area (Å²) in [5.41, 5.74) is 1.22. The second kappa shape index (κ2) is 5.33. The molecule has 2 aromatic rings. The molecule has 5 heteroatoms. The van der Waals surface area contributed by atoms with Crippen LogP contribution in [0.4, 0.5) is 5.69 Å². The van der Waals surface area contributed by atoms with Gasteiger partial charge in [0.05, 0.1) is 5.56 Å². The first-order chi connectivity index (χ1) is 8.15. The van der Waals surface area contributed by atoms with Gasteiger partial charge in [-0.25, -0.2) is 4.79 Å². The number of nitrogens with one attached hydrogen (secondary N) is 1. The molecule has 3 nitrogen and oxygen atoms in total. The van der Waals surface area contributed by atoms with E-state index in [9.17, 15) is 4.79 Å². The third kappa shape index (κ3) is 3.31. The van der Waals surface area contributed by atoms with Crippen molar-refractivity contribution in [3.8, 4) is 0 Å². The van der Waals surface area contributed by atoms with Crippen LogP contribution in [0.2, 0.25) is 0 Å². The average molecular weight is 312 g/mol. The van der Waals surface area contributed by atoms with E-state index in [1.54, 1.807) is 35.6 Å². The van der Waals surface area contributed by atoms with Gasteiger partial charge in [-0.05, 0) is 46.3 Å². The standard InChI is InChI=1S/C12H10BrNO2S/c13-9-5-11(17-7-9)6-14-10-3-1-8(2-4-10)12(15)16/h1-5,7,14H,6H2,(H,15,16). The van der Waals surface area contributed by atoms with Gasteiger partial charge in [-0.1, -0.05) is 0 Å². The Balaban J connectivity index is 1.97. The van der Waals surface area contributed by atoms with E-state index in [0.29, 0.717) is 5.56 Å². The van der Waals surface area contributed by atoms with Crippen LogP contribution in [0.1, 0.15) is 15.2 Å². The molecule has 0 bridgehead atoms. The number of carbonyl (C=O) groups is 1. The molecule has 1 aromatic heterocycles. The maximum Gasteiger partial charge on any atom is 0.335 e. The molecule has 0 aliphatic heterocycles. The highest BCUT2D eigenvalue weighted by atomic mass is 79.9. The first-order valence-corrected chi connectivity index (χ1v) is 6.62. The van der Waals surface area contributed by atoms with Crippen LogP contribution >= 0.6 is 27.3 Å². The molecule has 0 atom stereocenters. The van der Waals surface area contributed by atoms with Crippen LogP contribution in [0.3, 0.4) is 0 Å². The van der Waals surface area contributed by atoms with E-state index < -0.39 is 5.97 Å². The van der Waals surface area contributed by atoms with Crippen molar-refractivity contribution in [1.29, 1.82) is 0 Å². The number of anilines is 1. The summed E-state index contributed by atoms with van der Waals surface area (Å²) < 4.78 is 1.08. The summed E-state index contributed by atoms with van der Waals surface area (Å²) in [7, 11) is 0. The number of rotatable bonds is 4. The number of hydrogen-bond acceptors (Lipinski definition) is 3. The molecule has 17 heavy (non-hydrogen) atoms. The van der Waals surface area contributed by atoms with E-state index in [1.165, 1.54) is 4.88 Å². The SMILES string of the molecule is O=C(O)c1ccc(NCc2cc(Br)cs2)cc1. The van der Waals surface area contributed by atoms with Crippen molar-refractivity contribution in [2.45, 2.75) is 6.54 Å². The summed E-state index contributed by atoms with van der Waals surface area (Å²) in [6, 6.07) is 8.78. The molecule has 0 unspecified atom stereocenters. The molecule has 0 radical (unpaired) electrons. The number of hydrogen-bond donors (Lipinski definition) is 2. The van der Waals surface area contributed by atoms with Gasteiger partial charge in [0.25, 0.3) is 0 Å². The van der Waals surface area contributed by atoms with Gasteiger partial charge in [0.2, 0.25) is 0 Å². The smallest absolute Gasteiger partial charge is 0.335 e. The second-order valence-corrected chi connectivity index (χ2v) is 5.38. The summed E-state index contributed by atoms with van der Waals surface area (Å²) in [4.78, 5) is 11.9. The number of halogens is 1. The van der Waals surface area contributed by atoms with Crippen LogP contribution in [0.25, 0.3) is 0 Å². The fourth-order valence-corrected chi connectivity index (χ4v) is 2.76. The minimum Gasteiger partial charge on any atom is -0.478 e. The van der Waals surface area contributed by atoms with Gasteiger partial charge in [0.1, 0.15) is 0 Å². The molecular formula is C12H10BrNO2S. The Hall–Kier alpha value is -1.33. The van der Waals surface area contributed by atoms with Crippen LogP contribution in [0, 0.1) is 0 Å². The van der Waals surface area contributed by atoms with Gasteiger partial charge in [-0.15, -0.1) is 11.3 Å². The molecule has 0 aliphatic rings. The van der Waals surface area contributed by atoms with Crippen molar-refractivity contribution >= 4 is 38.9 Å². The van der Waals surface area contributed by atoms with E-state index in [-0.39, 0.29) is 0 Å². The summed E-state index contributed by atoms with van der Waals surface area (Å²) in [5, 5.41) is 14.0. The van der Waals surface area contributed by atoms with Gasteiger partial charge in [0, 0.05) is 27.0 Å². The average Bonchev–Trinajstić information content (AvgIpc) is 2.73. The van der Waals surface area contributed by atoms with E-state index in [2.05, 4.69) is 27.3 Å². The van der Waals surface area contributed by atoms with Crippen LogP contribution in [-0.2, 0) is 6.54 Å². The first kappa shape index (κ1) is 12.1. The minimum atomic E-state index is -0.904. The molecule has 0 saturated carbocycles. The monoisotopic (exact) mass is 311 g/mol. The maximum absolute atomic E-state index is 10.7. The zero-order valence-electron chi connectivity index (χ0n) is 8.81. The van der Waals surface area contributed by atoms with Gasteiger partial charge >= 0.3 is 5.97 Å². The van der Waals surface area contributed by atoms with Crippen LogP contribution in [0.5, 0.6) is 0 Å². The van der Waals surface area contributed by atoms with Crippen LogP contribution in [-0.4, -0.2) is 11.1 Å². The predicted molar refractivity (Wildman–Crippen MR) is 72.7 cm³/mol.